The zero-order valence-electron chi connectivity index (χ0n) is 13.2. The fourth-order valence-corrected chi connectivity index (χ4v) is 2.98. The summed E-state index contributed by atoms with van der Waals surface area (Å²) < 4.78 is 10.7. The summed E-state index contributed by atoms with van der Waals surface area (Å²) in [5, 5.41) is 4.20. The van der Waals surface area contributed by atoms with Crippen molar-refractivity contribution in [2.24, 2.45) is 11.1 Å². The Morgan fingerprint density at radius 3 is 2.91 bits per heavy atom. The second kappa shape index (κ2) is 5.76. The molecule has 1 amide bonds. The van der Waals surface area contributed by atoms with Crippen molar-refractivity contribution in [3.05, 3.63) is 23.8 Å². The summed E-state index contributed by atoms with van der Waals surface area (Å²) in [6.45, 7) is 3.59. The van der Waals surface area contributed by atoms with E-state index in [2.05, 4.69) is 5.16 Å². The zero-order chi connectivity index (χ0) is 15.8. The van der Waals surface area contributed by atoms with E-state index in [1.54, 1.807) is 0 Å². The number of ether oxygens (including phenoxy) is 2. The van der Waals surface area contributed by atoms with Gasteiger partial charge in [-0.05, 0) is 38.0 Å². The second-order valence-electron chi connectivity index (χ2n) is 6.19. The number of amides is 1. The topological polar surface area (TPSA) is 60.4 Å². The van der Waals surface area contributed by atoms with Crippen LogP contribution in [0.5, 0.6) is 11.5 Å². The Labute approximate surface area is 135 Å². The lowest BCUT2D eigenvalue weighted by atomic mass is 10.0. The first-order valence-corrected chi connectivity index (χ1v) is 8.16. The van der Waals surface area contributed by atoms with Gasteiger partial charge in [-0.15, -0.1) is 0 Å². The van der Waals surface area contributed by atoms with E-state index in [1.807, 2.05) is 30.0 Å². The molecule has 0 spiro atoms. The van der Waals surface area contributed by atoms with Crippen molar-refractivity contribution in [2.75, 3.05) is 19.9 Å². The molecule has 0 N–H and O–H groups in total. The average Bonchev–Trinajstić information content (AvgIpc) is 3.14. The summed E-state index contributed by atoms with van der Waals surface area (Å²) in [6.07, 6.45) is 2.69. The Balaban J connectivity index is 1.39. The van der Waals surface area contributed by atoms with Crippen LogP contribution in [-0.4, -0.2) is 42.5 Å². The first-order valence-electron chi connectivity index (χ1n) is 8.16. The molecule has 1 atom stereocenters. The van der Waals surface area contributed by atoms with Gasteiger partial charge >= 0.3 is 0 Å². The van der Waals surface area contributed by atoms with Crippen molar-refractivity contribution >= 4 is 11.6 Å². The lowest BCUT2D eigenvalue weighted by Crippen LogP contribution is -2.38. The number of benzene rings is 1. The van der Waals surface area contributed by atoms with E-state index in [1.165, 1.54) is 0 Å². The molecule has 2 aliphatic heterocycles. The first kappa shape index (κ1) is 14.4. The van der Waals surface area contributed by atoms with Gasteiger partial charge in [0, 0.05) is 24.4 Å². The van der Waals surface area contributed by atoms with Crippen LogP contribution in [0.4, 0.5) is 0 Å². The molecule has 122 valence electrons. The molecule has 1 unspecified atom stereocenters. The monoisotopic (exact) mass is 316 g/mol. The van der Waals surface area contributed by atoms with Crippen LogP contribution >= 0.6 is 0 Å². The van der Waals surface area contributed by atoms with E-state index in [-0.39, 0.29) is 24.7 Å². The van der Waals surface area contributed by atoms with Gasteiger partial charge in [0.25, 0.3) is 0 Å². The SMILES string of the molecule is CCN(CC1CC(c2ccc3c(c2)OCO3)=NO1)C(=O)C1CC1. The van der Waals surface area contributed by atoms with Crippen LogP contribution in [0.2, 0.25) is 0 Å². The largest absolute Gasteiger partial charge is 0.454 e. The number of fused-ring (bicyclic) bond motifs is 1. The Morgan fingerprint density at radius 1 is 1.30 bits per heavy atom. The van der Waals surface area contributed by atoms with Crippen LogP contribution in [0.25, 0.3) is 0 Å². The third kappa shape index (κ3) is 2.85. The maximum Gasteiger partial charge on any atom is 0.231 e. The maximum atomic E-state index is 12.2. The highest BCUT2D eigenvalue weighted by Gasteiger charge is 2.35. The van der Waals surface area contributed by atoms with Crippen molar-refractivity contribution in [2.45, 2.75) is 32.3 Å². The van der Waals surface area contributed by atoms with Crippen molar-refractivity contribution < 1.29 is 19.1 Å². The molecule has 1 fully saturated rings. The highest BCUT2D eigenvalue weighted by atomic mass is 16.7. The molecule has 0 radical (unpaired) electrons. The number of nitrogens with zero attached hydrogens (tertiary/aromatic N) is 2. The van der Waals surface area contributed by atoms with Crippen LogP contribution in [0.15, 0.2) is 23.4 Å². The molecular weight excluding hydrogens is 296 g/mol. The predicted octanol–water partition coefficient (Wildman–Crippen LogP) is 2.17. The standard InChI is InChI=1S/C17H20N2O4/c1-2-19(17(20)11-3-4-11)9-13-8-14(18-23-13)12-5-6-15-16(7-12)22-10-21-15/h5-7,11,13H,2-4,8-10H2,1H3. The van der Waals surface area contributed by atoms with Crippen LogP contribution < -0.4 is 9.47 Å². The van der Waals surface area contributed by atoms with Crippen molar-refractivity contribution in [3.63, 3.8) is 0 Å². The highest BCUT2D eigenvalue weighted by Crippen LogP contribution is 2.34. The molecule has 1 saturated carbocycles. The summed E-state index contributed by atoms with van der Waals surface area (Å²) in [7, 11) is 0. The number of likely N-dealkylation sites (N-methyl/N-ethyl adjacent to an activating group) is 1. The minimum Gasteiger partial charge on any atom is -0.454 e. The number of hydrogen-bond donors (Lipinski definition) is 0. The summed E-state index contributed by atoms with van der Waals surface area (Å²) in [5.74, 6) is 2.00. The van der Waals surface area contributed by atoms with E-state index in [9.17, 15) is 4.79 Å². The lowest BCUT2D eigenvalue weighted by Gasteiger charge is -2.23. The van der Waals surface area contributed by atoms with Crippen molar-refractivity contribution in [1.82, 2.24) is 4.90 Å². The molecule has 23 heavy (non-hydrogen) atoms. The van der Waals surface area contributed by atoms with E-state index in [0.29, 0.717) is 19.5 Å². The molecule has 6 heteroatoms. The fraction of sp³-hybridized carbons (Fsp3) is 0.529. The molecule has 0 bridgehead atoms. The Morgan fingerprint density at radius 2 is 2.13 bits per heavy atom. The van der Waals surface area contributed by atoms with Gasteiger partial charge < -0.3 is 19.2 Å². The fourth-order valence-electron chi connectivity index (χ4n) is 2.98. The van der Waals surface area contributed by atoms with Gasteiger partial charge in [-0.25, -0.2) is 0 Å². The van der Waals surface area contributed by atoms with E-state index in [0.717, 1.165) is 35.6 Å². The van der Waals surface area contributed by atoms with Crippen LogP contribution in [0.3, 0.4) is 0 Å². The first-order chi connectivity index (χ1) is 11.2. The third-order valence-electron chi connectivity index (χ3n) is 4.48. The smallest absolute Gasteiger partial charge is 0.231 e. The zero-order valence-corrected chi connectivity index (χ0v) is 13.2. The third-order valence-corrected chi connectivity index (χ3v) is 4.48. The lowest BCUT2D eigenvalue weighted by molar-refractivity contribution is -0.134. The van der Waals surface area contributed by atoms with Gasteiger partial charge in [-0.2, -0.15) is 0 Å². The highest BCUT2D eigenvalue weighted by molar-refractivity contribution is 6.01. The number of hydrogen-bond acceptors (Lipinski definition) is 5. The molecule has 3 aliphatic rings. The van der Waals surface area contributed by atoms with Gasteiger partial charge in [0.2, 0.25) is 12.7 Å². The van der Waals surface area contributed by atoms with Gasteiger partial charge in [-0.3, -0.25) is 4.79 Å². The van der Waals surface area contributed by atoms with Gasteiger partial charge in [-0.1, -0.05) is 5.16 Å². The number of rotatable bonds is 5. The van der Waals surface area contributed by atoms with Crippen LogP contribution in [0.1, 0.15) is 31.7 Å². The Hall–Kier alpha value is -2.24. The molecule has 2 heterocycles. The summed E-state index contributed by atoms with van der Waals surface area (Å²) in [5.41, 5.74) is 1.87. The number of carbonyl (C=O) groups is 1. The number of carbonyl (C=O) groups excluding carboxylic acids is 1. The molecule has 1 aromatic carbocycles. The molecule has 0 aromatic heterocycles. The van der Waals surface area contributed by atoms with E-state index >= 15 is 0 Å². The number of oxime groups is 1. The Kier molecular flexibility index (Phi) is 3.59. The average molecular weight is 316 g/mol. The quantitative estimate of drug-likeness (QED) is 0.835. The minimum atomic E-state index is -0.0712. The van der Waals surface area contributed by atoms with E-state index in [4.69, 9.17) is 14.3 Å². The summed E-state index contributed by atoms with van der Waals surface area (Å²) in [6, 6.07) is 5.79. The van der Waals surface area contributed by atoms with Crippen molar-refractivity contribution in [3.8, 4) is 11.5 Å². The van der Waals surface area contributed by atoms with Crippen LogP contribution in [-0.2, 0) is 9.63 Å². The maximum absolute atomic E-state index is 12.2. The van der Waals surface area contributed by atoms with Gasteiger partial charge in [0.1, 0.15) is 0 Å². The molecule has 1 aliphatic carbocycles. The second-order valence-corrected chi connectivity index (χ2v) is 6.19. The Bertz CT molecular complexity index is 654. The molecule has 0 saturated heterocycles. The van der Waals surface area contributed by atoms with Gasteiger partial charge in [0.15, 0.2) is 17.6 Å². The minimum absolute atomic E-state index is 0.0712. The van der Waals surface area contributed by atoms with E-state index < -0.39 is 0 Å². The van der Waals surface area contributed by atoms with Crippen LogP contribution in [0, 0.1) is 5.92 Å². The summed E-state index contributed by atoms with van der Waals surface area (Å²) in [4.78, 5) is 19.6. The molecular formula is C17H20N2O4. The van der Waals surface area contributed by atoms with Gasteiger partial charge in [0.05, 0.1) is 12.3 Å². The molecule has 4 rings (SSSR count). The normalized spacial score (nSPS) is 21.8. The molecule has 6 nitrogen and oxygen atoms in total. The summed E-state index contributed by atoms with van der Waals surface area (Å²) >= 11 is 0. The predicted molar refractivity (Wildman–Crippen MR) is 83.6 cm³/mol. The van der Waals surface area contributed by atoms with Crippen molar-refractivity contribution in [1.29, 1.82) is 0 Å². The molecule has 1 aromatic rings.